The predicted octanol–water partition coefficient (Wildman–Crippen LogP) is 5.56. The molecule has 0 aromatic heterocycles. The molecular weight excluding hydrogens is 364 g/mol. The topological polar surface area (TPSA) is 21.3 Å². The monoisotopic (exact) mass is 375 g/mol. The van der Waals surface area contributed by atoms with Gasteiger partial charge < -0.3 is 10.1 Å². The molecule has 0 aliphatic rings. The summed E-state index contributed by atoms with van der Waals surface area (Å²) in [5, 5.41) is 3.63. The molecule has 0 aliphatic heterocycles. The lowest BCUT2D eigenvalue weighted by Crippen LogP contribution is -2.10. The highest BCUT2D eigenvalue weighted by Gasteiger charge is 2.15. The number of halogens is 4. The Morgan fingerprint density at radius 3 is 2.57 bits per heavy atom. The average molecular weight is 377 g/mol. The van der Waals surface area contributed by atoms with E-state index in [0.29, 0.717) is 26.5 Å². The zero-order valence-corrected chi connectivity index (χ0v) is 13.7. The number of rotatable bonds is 4. The Hall–Kier alpha value is -1.33. The van der Waals surface area contributed by atoms with E-state index < -0.39 is 11.6 Å². The maximum absolute atomic E-state index is 13.8. The van der Waals surface area contributed by atoms with Crippen LogP contribution in [0.25, 0.3) is 0 Å². The van der Waals surface area contributed by atoms with Crippen LogP contribution in [0.2, 0.25) is 5.02 Å². The van der Waals surface area contributed by atoms with Crippen LogP contribution in [0.1, 0.15) is 18.5 Å². The van der Waals surface area contributed by atoms with Gasteiger partial charge in [0.25, 0.3) is 0 Å². The summed E-state index contributed by atoms with van der Waals surface area (Å²) in [6.07, 6.45) is 0. The molecule has 2 nitrogen and oxygen atoms in total. The van der Waals surface area contributed by atoms with Gasteiger partial charge in [-0.05, 0) is 41.1 Å². The van der Waals surface area contributed by atoms with Crippen LogP contribution < -0.4 is 10.1 Å². The van der Waals surface area contributed by atoms with Crippen LogP contribution in [0.4, 0.5) is 14.5 Å². The van der Waals surface area contributed by atoms with Crippen molar-refractivity contribution in [1.29, 1.82) is 0 Å². The minimum Gasteiger partial charge on any atom is -0.493 e. The van der Waals surface area contributed by atoms with E-state index in [1.165, 1.54) is 19.2 Å². The largest absolute Gasteiger partial charge is 0.493 e. The smallest absolute Gasteiger partial charge is 0.156 e. The Morgan fingerprint density at radius 2 is 1.95 bits per heavy atom. The first kappa shape index (κ1) is 16.0. The van der Waals surface area contributed by atoms with E-state index in [1.54, 1.807) is 19.1 Å². The van der Waals surface area contributed by atoms with Crippen molar-refractivity contribution in [3.8, 4) is 5.75 Å². The van der Waals surface area contributed by atoms with Gasteiger partial charge in [-0.3, -0.25) is 0 Å². The van der Waals surface area contributed by atoms with Crippen molar-refractivity contribution in [3.05, 3.63) is 57.0 Å². The zero-order chi connectivity index (χ0) is 15.6. The van der Waals surface area contributed by atoms with Gasteiger partial charge in [0.05, 0.1) is 23.3 Å². The molecule has 1 N–H and O–H groups in total. The minimum absolute atomic E-state index is 0.356. The average Bonchev–Trinajstić information content (AvgIpc) is 2.37. The van der Waals surface area contributed by atoms with Crippen molar-refractivity contribution in [2.75, 3.05) is 12.4 Å². The SMILES string of the molecule is COc1c(Br)cc(Cl)cc1NC(C)c1ccc(F)cc1F. The molecular formula is C15H13BrClF2NO. The number of methoxy groups -OCH3 is 1. The summed E-state index contributed by atoms with van der Waals surface area (Å²) < 4.78 is 32.7. The van der Waals surface area contributed by atoms with Crippen molar-refractivity contribution in [3.63, 3.8) is 0 Å². The molecule has 21 heavy (non-hydrogen) atoms. The number of hydrogen-bond acceptors (Lipinski definition) is 2. The highest BCUT2D eigenvalue weighted by Crippen LogP contribution is 2.38. The first-order chi connectivity index (χ1) is 9.92. The molecule has 0 bridgehead atoms. The molecule has 2 rings (SSSR count). The molecule has 0 radical (unpaired) electrons. The molecule has 0 heterocycles. The first-order valence-electron chi connectivity index (χ1n) is 6.17. The van der Waals surface area contributed by atoms with E-state index in [0.717, 1.165) is 6.07 Å². The molecule has 0 saturated heterocycles. The van der Waals surface area contributed by atoms with E-state index in [1.807, 2.05) is 0 Å². The van der Waals surface area contributed by atoms with Gasteiger partial charge in [-0.2, -0.15) is 0 Å². The fraction of sp³-hybridized carbons (Fsp3) is 0.200. The van der Waals surface area contributed by atoms with Gasteiger partial charge in [0.1, 0.15) is 11.6 Å². The van der Waals surface area contributed by atoms with Crippen LogP contribution in [0.15, 0.2) is 34.8 Å². The van der Waals surface area contributed by atoms with Gasteiger partial charge in [0.15, 0.2) is 5.75 Å². The van der Waals surface area contributed by atoms with Crippen molar-refractivity contribution < 1.29 is 13.5 Å². The molecule has 1 unspecified atom stereocenters. The third kappa shape index (κ3) is 3.66. The number of nitrogens with one attached hydrogen (secondary N) is 1. The second-order valence-electron chi connectivity index (χ2n) is 4.50. The molecule has 112 valence electrons. The van der Waals surface area contributed by atoms with Crippen molar-refractivity contribution in [2.45, 2.75) is 13.0 Å². The lowest BCUT2D eigenvalue weighted by atomic mass is 10.1. The highest BCUT2D eigenvalue weighted by molar-refractivity contribution is 9.10. The third-order valence-corrected chi connectivity index (χ3v) is 3.82. The van der Waals surface area contributed by atoms with Gasteiger partial charge in [-0.25, -0.2) is 8.78 Å². The zero-order valence-electron chi connectivity index (χ0n) is 11.4. The Bertz CT molecular complexity index is 666. The van der Waals surface area contributed by atoms with Crippen molar-refractivity contribution in [1.82, 2.24) is 0 Å². The maximum Gasteiger partial charge on any atom is 0.156 e. The minimum atomic E-state index is -0.605. The van der Waals surface area contributed by atoms with Crippen LogP contribution in [0, 0.1) is 11.6 Å². The fourth-order valence-electron chi connectivity index (χ4n) is 2.04. The Morgan fingerprint density at radius 1 is 1.24 bits per heavy atom. The fourth-order valence-corrected chi connectivity index (χ4v) is 3.01. The molecule has 0 amide bonds. The van der Waals surface area contributed by atoms with Gasteiger partial charge in [0, 0.05) is 16.7 Å². The van der Waals surface area contributed by atoms with Crippen LogP contribution in [-0.4, -0.2) is 7.11 Å². The Kier molecular flexibility index (Phi) is 5.06. The number of anilines is 1. The van der Waals surface area contributed by atoms with E-state index in [-0.39, 0.29) is 6.04 Å². The van der Waals surface area contributed by atoms with Crippen LogP contribution >= 0.6 is 27.5 Å². The maximum atomic E-state index is 13.8. The van der Waals surface area contributed by atoms with Gasteiger partial charge >= 0.3 is 0 Å². The summed E-state index contributed by atoms with van der Waals surface area (Å²) >= 11 is 9.37. The number of hydrogen-bond donors (Lipinski definition) is 1. The van der Waals surface area contributed by atoms with Gasteiger partial charge in [-0.15, -0.1) is 0 Å². The lowest BCUT2D eigenvalue weighted by Gasteiger charge is -2.19. The van der Waals surface area contributed by atoms with E-state index >= 15 is 0 Å². The quantitative estimate of drug-likeness (QED) is 0.754. The standard InChI is InChI=1S/C15H13BrClF2NO/c1-8(11-4-3-10(18)7-13(11)19)20-14-6-9(17)5-12(16)15(14)21-2/h3-8,20H,1-2H3. The molecule has 2 aromatic rings. The molecule has 0 spiro atoms. The molecule has 2 aromatic carbocycles. The summed E-state index contributed by atoms with van der Waals surface area (Å²) in [4.78, 5) is 0. The normalized spacial score (nSPS) is 12.1. The Balaban J connectivity index is 2.33. The first-order valence-corrected chi connectivity index (χ1v) is 7.34. The van der Waals surface area contributed by atoms with Gasteiger partial charge in [0.2, 0.25) is 0 Å². The summed E-state index contributed by atoms with van der Waals surface area (Å²) in [5.41, 5.74) is 0.975. The van der Waals surface area contributed by atoms with Crippen LogP contribution in [0.3, 0.4) is 0 Å². The van der Waals surface area contributed by atoms with E-state index in [4.69, 9.17) is 16.3 Å². The van der Waals surface area contributed by atoms with E-state index in [9.17, 15) is 8.78 Å². The summed E-state index contributed by atoms with van der Waals surface area (Å²) in [6.45, 7) is 1.77. The predicted molar refractivity (Wildman–Crippen MR) is 84.1 cm³/mol. The molecule has 0 aliphatic carbocycles. The summed E-state index contributed by atoms with van der Waals surface area (Å²) in [7, 11) is 1.53. The summed E-state index contributed by atoms with van der Waals surface area (Å²) in [6, 6.07) is 6.50. The van der Waals surface area contributed by atoms with E-state index in [2.05, 4.69) is 21.2 Å². The lowest BCUT2D eigenvalue weighted by molar-refractivity contribution is 0.413. The summed E-state index contributed by atoms with van der Waals surface area (Å²) in [5.74, 6) is -0.643. The molecule has 1 atom stereocenters. The van der Waals surface area contributed by atoms with Gasteiger partial charge in [-0.1, -0.05) is 17.7 Å². The van der Waals surface area contributed by atoms with Crippen molar-refractivity contribution >= 4 is 33.2 Å². The second-order valence-corrected chi connectivity index (χ2v) is 5.79. The number of ether oxygens (including phenoxy) is 1. The Labute approximate surface area is 135 Å². The second kappa shape index (κ2) is 6.62. The molecule has 0 fully saturated rings. The highest BCUT2D eigenvalue weighted by atomic mass is 79.9. The number of benzene rings is 2. The molecule has 6 heteroatoms. The van der Waals surface area contributed by atoms with Crippen LogP contribution in [0.5, 0.6) is 5.75 Å². The molecule has 0 saturated carbocycles. The van der Waals surface area contributed by atoms with Crippen LogP contribution in [-0.2, 0) is 0 Å². The third-order valence-electron chi connectivity index (χ3n) is 3.01. The van der Waals surface area contributed by atoms with Crippen molar-refractivity contribution in [2.24, 2.45) is 0 Å².